The fourth-order valence-corrected chi connectivity index (χ4v) is 6.18. The molecule has 0 fully saturated rings. The van der Waals surface area contributed by atoms with Gasteiger partial charge in [-0.15, -0.1) is 0 Å². The van der Waals surface area contributed by atoms with Crippen LogP contribution in [-0.2, 0) is 19.5 Å². The van der Waals surface area contributed by atoms with Crippen LogP contribution in [0.1, 0.15) is 49.9 Å². The molecule has 0 radical (unpaired) electrons. The van der Waals surface area contributed by atoms with Crippen molar-refractivity contribution in [2.24, 2.45) is 4.99 Å². The molecule has 0 saturated heterocycles. The molecule has 0 N–H and O–H groups in total. The predicted octanol–water partition coefficient (Wildman–Crippen LogP) is 4.73. The van der Waals surface area contributed by atoms with Crippen LogP contribution < -0.4 is 20.7 Å². The van der Waals surface area contributed by atoms with Gasteiger partial charge in [0.25, 0.3) is 11.8 Å². The molecule has 4 aromatic rings. The Bertz CT molecular complexity index is 1880. The molecule has 1 aromatic heterocycles. The van der Waals surface area contributed by atoms with E-state index < -0.39 is 0 Å². The minimum atomic E-state index is -0.353. The second-order valence-electron chi connectivity index (χ2n) is 11.0. The third-order valence-electron chi connectivity index (χ3n) is 8.15. The Morgan fingerprint density at radius 2 is 1.51 bits per heavy atom. The zero-order valence-corrected chi connectivity index (χ0v) is 25.1. The van der Waals surface area contributed by atoms with E-state index in [0.29, 0.717) is 47.7 Å². The topological polar surface area (TPSA) is 95.1 Å². The van der Waals surface area contributed by atoms with Crippen LogP contribution in [0.4, 0.5) is 5.69 Å². The van der Waals surface area contributed by atoms with Gasteiger partial charge in [0.15, 0.2) is 11.5 Å². The third kappa shape index (κ3) is 4.84. The van der Waals surface area contributed by atoms with Crippen molar-refractivity contribution in [1.82, 2.24) is 14.0 Å². The van der Waals surface area contributed by atoms with Crippen LogP contribution in [0.15, 0.2) is 64.4 Å². The summed E-state index contributed by atoms with van der Waals surface area (Å²) < 4.78 is 14.7. The largest absolute Gasteiger partial charge is 0.493 e. The number of aryl methyl sites for hydroxylation is 4. The first kappa shape index (κ1) is 28.2. The van der Waals surface area contributed by atoms with E-state index in [1.807, 2.05) is 45.9 Å². The van der Waals surface area contributed by atoms with Crippen molar-refractivity contribution in [3.8, 4) is 22.8 Å². The molecule has 2 aliphatic heterocycles. The van der Waals surface area contributed by atoms with Crippen LogP contribution in [0.3, 0.4) is 0 Å². The Hall–Kier alpha value is -4.92. The Morgan fingerprint density at radius 3 is 2.14 bits per heavy atom. The van der Waals surface area contributed by atoms with Crippen LogP contribution in [0.25, 0.3) is 11.3 Å². The highest BCUT2D eigenvalue weighted by Gasteiger charge is 2.35. The van der Waals surface area contributed by atoms with Crippen molar-refractivity contribution in [2.75, 3.05) is 20.3 Å². The Balaban J connectivity index is 1.50. The van der Waals surface area contributed by atoms with Gasteiger partial charge >= 0.3 is 5.69 Å². The Labute approximate surface area is 249 Å². The maximum Gasteiger partial charge on any atom is 0.330 e. The lowest BCUT2D eigenvalue weighted by atomic mass is 9.97. The van der Waals surface area contributed by atoms with Crippen molar-refractivity contribution >= 4 is 17.5 Å². The van der Waals surface area contributed by atoms with E-state index in [1.165, 1.54) is 4.90 Å². The summed E-state index contributed by atoms with van der Waals surface area (Å²) in [6.07, 6.45) is 0.636. The van der Waals surface area contributed by atoms with Crippen LogP contribution in [0.5, 0.6) is 11.5 Å². The highest BCUT2D eigenvalue weighted by atomic mass is 16.5. The number of fused-ring (bicyclic) bond motifs is 4. The molecule has 0 atom stereocenters. The van der Waals surface area contributed by atoms with E-state index in [2.05, 4.69) is 12.1 Å². The molecule has 9 nitrogen and oxygen atoms in total. The minimum Gasteiger partial charge on any atom is -0.493 e. The molecule has 0 aliphatic carbocycles. The van der Waals surface area contributed by atoms with Gasteiger partial charge in [0.05, 0.1) is 36.2 Å². The van der Waals surface area contributed by atoms with E-state index in [9.17, 15) is 14.4 Å². The first-order valence-electron chi connectivity index (χ1n) is 14.5. The number of hydrogen-bond donors (Lipinski definition) is 0. The summed E-state index contributed by atoms with van der Waals surface area (Å²) in [6, 6.07) is 16.7. The molecule has 0 spiro atoms. The van der Waals surface area contributed by atoms with Crippen molar-refractivity contribution in [2.45, 2.75) is 47.2 Å². The fourth-order valence-electron chi connectivity index (χ4n) is 6.18. The molecule has 3 heterocycles. The van der Waals surface area contributed by atoms with E-state index in [0.717, 1.165) is 39.2 Å². The van der Waals surface area contributed by atoms with E-state index in [1.54, 1.807) is 40.5 Å². The highest BCUT2D eigenvalue weighted by Crippen LogP contribution is 2.38. The molecule has 0 saturated carbocycles. The molecule has 9 heteroatoms. The van der Waals surface area contributed by atoms with Crippen LogP contribution >= 0.6 is 0 Å². The average Bonchev–Trinajstić information content (AvgIpc) is 3.23. The fraction of sp³-hybridized carbons (Fsp3) is 0.294. The zero-order chi connectivity index (χ0) is 30.4. The maximum atomic E-state index is 14.2. The van der Waals surface area contributed by atoms with E-state index in [4.69, 9.17) is 14.5 Å². The molecule has 43 heavy (non-hydrogen) atoms. The average molecular weight is 579 g/mol. The molecule has 220 valence electrons. The number of ether oxygens (including phenoxy) is 2. The standard InChI is InChI=1S/C34H34N4O5/c1-6-43-29-17-23-11-12-36-27(26(23)18-28(29)42-5)19-30(35-31-21(3)15-20(2)16-22(31)4)37(34(36)41)13-14-38-32(39)24-9-7-8-10-25(24)33(38)40/h7-10,15-19H,6,11-14H2,1-5H3/b35-30+. The minimum absolute atomic E-state index is 0.0438. The number of carbonyl (C=O) groups is 2. The third-order valence-corrected chi connectivity index (χ3v) is 8.15. The lowest BCUT2D eigenvalue weighted by molar-refractivity contribution is 0.0647. The number of amides is 2. The number of aromatic nitrogens is 2. The number of imide groups is 1. The van der Waals surface area contributed by atoms with Gasteiger partial charge < -0.3 is 9.47 Å². The number of benzene rings is 3. The monoisotopic (exact) mass is 578 g/mol. The second kappa shape index (κ2) is 11.1. The SMILES string of the molecule is CCOc1cc2c(cc1OC)-c1c/c(=N\c3c(C)cc(C)cc3C)n(CCN3C(=O)c4ccccc4C3=O)c(=O)n1CC2. The van der Waals surface area contributed by atoms with Crippen molar-refractivity contribution < 1.29 is 19.1 Å². The van der Waals surface area contributed by atoms with Gasteiger partial charge in [-0.3, -0.25) is 23.6 Å². The molecule has 0 unspecified atom stereocenters. The summed E-state index contributed by atoms with van der Waals surface area (Å²) in [4.78, 5) is 46.6. The number of methoxy groups -OCH3 is 1. The molecule has 6 rings (SSSR count). The molecular weight excluding hydrogens is 544 g/mol. The summed E-state index contributed by atoms with van der Waals surface area (Å²) in [6.45, 7) is 9.10. The summed E-state index contributed by atoms with van der Waals surface area (Å²) in [7, 11) is 1.60. The van der Waals surface area contributed by atoms with Gasteiger partial charge in [-0.25, -0.2) is 9.79 Å². The zero-order valence-electron chi connectivity index (χ0n) is 25.1. The quantitative estimate of drug-likeness (QED) is 0.296. The Morgan fingerprint density at radius 1 is 0.837 bits per heavy atom. The van der Waals surface area contributed by atoms with Crippen LogP contribution in [0.2, 0.25) is 0 Å². The maximum absolute atomic E-state index is 14.2. The molecule has 3 aromatic carbocycles. The van der Waals surface area contributed by atoms with Gasteiger partial charge in [-0.2, -0.15) is 0 Å². The van der Waals surface area contributed by atoms with Crippen LogP contribution in [-0.4, -0.2) is 46.1 Å². The first-order chi connectivity index (χ1) is 20.7. The number of nitrogens with zero attached hydrogens (tertiary/aromatic N) is 4. The van der Waals surface area contributed by atoms with Gasteiger partial charge in [0.1, 0.15) is 5.49 Å². The highest BCUT2D eigenvalue weighted by molar-refractivity contribution is 6.21. The summed E-state index contributed by atoms with van der Waals surface area (Å²) in [5.74, 6) is 0.554. The summed E-state index contributed by atoms with van der Waals surface area (Å²) in [5, 5.41) is 0. The van der Waals surface area contributed by atoms with E-state index >= 15 is 0 Å². The number of hydrogen-bond acceptors (Lipinski definition) is 6. The number of carbonyl (C=O) groups excluding carboxylic acids is 2. The second-order valence-corrected chi connectivity index (χ2v) is 11.0. The molecule has 0 bridgehead atoms. The molecular formula is C34H34N4O5. The predicted molar refractivity (Wildman–Crippen MR) is 163 cm³/mol. The lowest BCUT2D eigenvalue weighted by Gasteiger charge is -2.25. The molecule has 2 aliphatic rings. The van der Waals surface area contributed by atoms with Gasteiger partial charge in [0.2, 0.25) is 0 Å². The first-order valence-corrected chi connectivity index (χ1v) is 14.5. The summed E-state index contributed by atoms with van der Waals surface area (Å²) >= 11 is 0. The molecule has 2 amide bonds. The smallest absolute Gasteiger partial charge is 0.330 e. The van der Waals surface area contributed by atoms with Gasteiger partial charge in [-0.05, 0) is 75.1 Å². The number of rotatable bonds is 7. The van der Waals surface area contributed by atoms with Gasteiger partial charge in [-0.1, -0.05) is 29.8 Å². The van der Waals surface area contributed by atoms with Crippen molar-refractivity contribution in [3.63, 3.8) is 0 Å². The van der Waals surface area contributed by atoms with Crippen LogP contribution in [0, 0.1) is 20.8 Å². The lowest BCUT2D eigenvalue weighted by Crippen LogP contribution is -2.45. The Kier molecular flexibility index (Phi) is 7.25. The summed E-state index contributed by atoms with van der Waals surface area (Å²) in [5.41, 5.74) is 7.51. The van der Waals surface area contributed by atoms with E-state index in [-0.39, 0.29) is 30.6 Å². The van der Waals surface area contributed by atoms with Crippen molar-refractivity contribution in [3.05, 3.63) is 104 Å². The normalized spacial score (nSPS) is 14.1. The van der Waals surface area contributed by atoms with Gasteiger partial charge in [0, 0.05) is 31.3 Å². The van der Waals surface area contributed by atoms with Crippen molar-refractivity contribution in [1.29, 1.82) is 0 Å².